The molecule has 4 nitrogen and oxygen atoms in total. The molecule has 0 radical (unpaired) electrons. The number of hydrogen-bond donors (Lipinski definition) is 2. The number of aliphatic imine (C=N–C) groups is 1. The largest absolute Gasteiger partial charge is 0.379 e. The highest BCUT2D eigenvalue weighted by molar-refractivity contribution is 8.13. The Kier molecular flexibility index (Phi) is 5.10. The lowest BCUT2D eigenvalue weighted by Crippen LogP contribution is -2.28. The first-order valence-electron chi connectivity index (χ1n) is 8.76. The van der Waals surface area contributed by atoms with Gasteiger partial charge >= 0.3 is 0 Å². The predicted molar refractivity (Wildman–Crippen MR) is 111 cm³/mol. The first-order valence-corrected chi connectivity index (χ1v) is 9.75. The van der Waals surface area contributed by atoms with E-state index in [4.69, 9.17) is 5.73 Å². The number of amides is 1. The van der Waals surface area contributed by atoms with Crippen LogP contribution in [0.15, 0.2) is 41.4 Å². The fourth-order valence-corrected chi connectivity index (χ4v) is 4.53. The molecule has 0 bridgehead atoms. The number of thioether (sulfide) groups is 1. The zero-order chi connectivity index (χ0) is 18.9. The number of anilines is 1. The Morgan fingerprint density at radius 2 is 1.88 bits per heavy atom. The molecule has 0 spiro atoms. The van der Waals surface area contributed by atoms with Crippen LogP contribution >= 0.6 is 11.8 Å². The summed E-state index contributed by atoms with van der Waals surface area (Å²) in [6.45, 7) is 8.09. The van der Waals surface area contributed by atoms with Crippen molar-refractivity contribution in [1.29, 1.82) is 0 Å². The zero-order valence-corrected chi connectivity index (χ0v) is 16.5. The van der Waals surface area contributed by atoms with Crippen LogP contribution in [-0.4, -0.2) is 16.8 Å². The van der Waals surface area contributed by atoms with E-state index in [0.717, 1.165) is 45.7 Å². The van der Waals surface area contributed by atoms with Crippen LogP contribution in [0.4, 0.5) is 5.69 Å². The average Bonchev–Trinajstić information content (AvgIpc) is 2.54. The molecule has 2 aromatic carbocycles. The number of benzene rings is 2. The van der Waals surface area contributed by atoms with Gasteiger partial charge in [0.15, 0.2) is 5.17 Å². The van der Waals surface area contributed by atoms with Crippen molar-refractivity contribution >= 4 is 28.5 Å². The van der Waals surface area contributed by atoms with E-state index < -0.39 is 0 Å². The maximum Gasteiger partial charge on any atom is 0.256 e. The van der Waals surface area contributed by atoms with Crippen LogP contribution in [0.25, 0.3) is 0 Å². The van der Waals surface area contributed by atoms with Crippen LogP contribution in [0, 0.1) is 20.8 Å². The molecule has 1 atom stereocenters. The number of hydrogen-bond acceptors (Lipinski definition) is 4. The third kappa shape index (κ3) is 3.78. The van der Waals surface area contributed by atoms with Gasteiger partial charge in [0, 0.05) is 17.0 Å². The van der Waals surface area contributed by atoms with Gasteiger partial charge in [-0.2, -0.15) is 0 Å². The standard InChI is InChI=1S/C21H25N3OS/c1-13-10-14(2)18(15(3)11-13)19(25)23-17-7-5-6-16(12-17)21(4)8-9-26-20(22)24-21/h5-7,10-12H,8-9H2,1-4H3,(H2,22,24)(H,23,25). The number of rotatable bonds is 3. The first kappa shape index (κ1) is 18.5. The summed E-state index contributed by atoms with van der Waals surface area (Å²) in [6.07, 6.45) is 0.923. The normalized spacial score (nSPS) is 19.8. The van der Waals surface area contributed by atoms with Gasteiger partial charge in [0.1, 0.15) is 0 Å². The molecule has 1 heterocycles. The van der Waals surface area contributed by atoms with Gasteiger partial charge in [0.2, 0.25) is 0 Å². The maximum absolute atomic E-state index is 12.8. The summed E-state index contributed by atoms with van der Waals surface area (Å²) in [6, 6.07) is 12.0. The molecule has 3 N–H and O–H groups in total. The van der Waals surface area contributed by atoms with E-state index in [1.807, 2.05) is 57.2 Å². The number of amidine groups is 1. The molecule has 1 aliphatic heterocycles. The Bertz CT molecular complexity index is 868. The fourth-order valence-electron chi connectivity index (χ4n) is 3.56. The van der Waals surface area contributed by atoms with Crippen molar-refractivity contribution < 1.29 is 4.79 Å². The number of nitrogens with one attached hydrogen (secondary N) is 1. The van der Waals surface area contributed by atoms with Gasteiger partial charge in [-0.1, -0.05) is 41.6 Å². The van der Waals surface area contributed by atoms with Crippen LogP contribution in [0.5, 0.6) is 0 Å². The summed E-state index contributed by atoms with van der Waals surface area (Å²) >= 11 is 1.59. The molecule has 2 aromatic rings. The summed E-state index contributed by atoms with van der Waals surface area (Å²) in [5.74, 6) is 0.869. The predicted octanol–water partition coefficient (Wildman–Crippen LogP) is 4.53. The van der Waals surface area contributed by atoms with Gasteiger partial charge in [-0.3, -0.25) is 9.79 Å². The van der Waals surface area contributed by atoms with E-state index in [9.17, 15) is 4.79 Å². The van der Waals surface area contributed by atoms with Gasteiger partial charge in [0.25, 0.3) is 5.91 Å². The lowest BCUT2D eigenvalue weighted by molar-refractivity contribution is 0.102. The molecule has 3 rings (SSSR count). The number of nitrogens with zero attached hydrogens (tertiary/aromatic N) is 1. The second-order valence-corrected chi connectivity index (χ2v) is 8.25. The monoisotopic (exact) mass is 367 g/mol. The van der Waals surface area contributed by atoms with Crippen molar-refractivity contribution in [2.75, 3.05) is 11.1 Å². The summed E-state index contributed by atoms with van der Waals surface area (Å²) < 4.78 is 0. The van der Waals surface area contributed by atoms with Gasteiger partial charge in [-0.15, -0.1) is 0 Å². The minimum Gasteiger partial charge on any atom is -0.379 e. The molecule has 5 heteroatoms. The third-order valence-corrected chi connectivity index (χ3v) is 5.64. The molecule has 1 aliphatic rings. The highest BCUT2D eigenvalue weighted by atomic mass is 32.2. The number of carbonyl (C=O) groups excluding carboxylic acids is 1. The highest BCUT2D eigenvalue weighted by Gasteiger charge is 2.29. The van der Waals surface area contributed by atoms with Crippen LogP contribution < -0.4 is 11.1 Å². The molecular weight excluding hydrogens is 342 g/mol. The van der Waals surface area contributed by atoms with Gasteiger partial charge in [0.05, 0.1) is 5.54 Å². The first-order chi connectivity index (χ1) is 12.3. The lowest BCUT2D eigenvalue weighted by Gasteiger charge is -2.30. The lowest BCUT2D eigenvalue weighted by atomic mass is 9.89. The summed E-state index contributed by atoms with van der Waals surface area (Å²) in [7, 11) is 0. The average molecular weight is 368 g/mol. The van der Waals surface area contributed by atoms with Crippen molar-refractivity contribution in [1.82, 2.24) is 0 Å². The number of aryl methyl sites for hydroxylation is 3. The highest BCUT2D eigenvalue weighted by Crippen LogP contribution is 2.36. The molecule has 1 amide bonds. The Morgan fingerprint density at radius 1 is 1.19 bits per heavy atom. The summed E-state index contributed by atoms with van der Waals surface area (Å²) in [4.78, 5) is 17.5. The minimum atomic E-state index is -0.342. The molecule has 0 saturated heterocycles. The number of nitrogens with two attached hydrogens (primary N) is 1. The van der Waals surface area contributed by atoms with Crippen LogP contribution in [0.2, 0.25) is 0 Å². The van der Waals surface area contributed by atoms with Crippen LogP contribution in [-0.2, 0) is 5.54 Å². The molecule has 0 aliphatic carbocycles. The molecule has 1 unspecified atom stereocenters. The van der Waals surface area contributed by atoms with Crippen molar-refractivity contribution in [2.24, 2.45) is 10.7 Å². The quantitative estimate of drug-likeness (QED) is 0.837. The molecule has 136 valence electrons. The van der Waals surface area contributed by atoms with Gasteiger partial charge in [-0.25, -0.2) is 0 Å². The maximum atomic E-state index is 12.8. The Hall–Kier alpha value is -2.27. The minimum absolute atomic E-state index is 0.0792. The summed E-state index contributed by atoms with van der Waals surface area (Å²) in [5, 5.41) is 3.67. The third-order valence-electron chi connectivity index (χ3n) is 4.84. The van der Waals surface area contributed by atoms with Crippen molar-refractivity contribution in [2.45, 2.75) is 39.7 Å². The summed E-state index contributed by atoms with van der Waals surface area (Å²) in [5.41, 5.74) is 11.3. The Balaban J connectivity index is 1.88. The van der Waals surface area contributed by atoms with Crippen LogP contribution in [0.1, 0.15) is 46.0 Å². The van der Waals surface area contributed by atoms with Gasteiger partial charge < -0.3 is 11.1 Å². The molecule has 0 saturated carbocycles. The Morgan fingerprint density at radius 3 is 2.54 bits per heavy atom. The number of carbonyl (C=O) groups is 1. The fraction of sp³-hybridized carbons (Fsp3) is 0.333. The Labute approximate surface area is 159 Å². The van der Waals surface area contributed by atoms with Crippen molar-refractivity contribution in [3.63, 3.8) is 0 Å². The van der Waals surface area contributed by atoms with E-state index in [1.165, 1.54) is 0 Å². The smallest absolute Gasteiger partial charge is 0.256 e. The van der Waals surface area contributed by atoms with E-state index >= 15 is 0 Å². The second kappa shape index (κ2) is 7.16. The molecule has 0 aromatic heterocycles. The van der Waals surface area contributed by atoms with E-state index in [0.29, 0.717) is 5.17 Å². The van der Waals surface area contributed by atoms with E-state index in [-0.39, 0.29) is 11.4 Å². The topological polar surface area (TPSA) is 67.5 Å². The van der Waals surface area contributed by atoms with Gasteiger partial charge in [-0.05, 0) is 62.9 Å². The molecule has 0 fully saturated rings. The molecule has 26 heavy (non-hydrogen) atoms. The van der Waals surface area contributed by atoms with Crippen molar-refractivity contribution in [3.8, 4) is 0 Å². The van der Waals surface area contributed by atoms with Crippen molar-refractivity contribution in [3.05, 3.63) is 64.2 Å². The van der Waals surface area contributed by atoms with E-state index in [1.54, 1.807) is 11.8 Å². The zero-order valence-electron chi connectivity index (χ0n) is 15.7. The van der Waals surface area contributed by atoms with Crippen LogP contribution in [0.3, 0.4) is 0 Å². The SMILES string of the molecule is Cc1cc(C)c(C(=O)Nc2cccc(C3(C)CCSC(N)=N3)c2)c(C)c1. The molecular formula is C21H25N3OS. The van der Waals surface area contributed by atoms with E-state index in [2.05, 4.69) is 17.2 Å². The second-order valence-electron chi connectivity index (χ2n) is 7.13.